The number of rotatable bonds is 7. The summed E-state index contributed by atoms with van der Waals surface area (Å²) in [5.74, 6) is -0.0488. The van der Waals surface area contributed by atoms with Gasteiger partial charge >= 0.3 is 0 Å². The molecule has 0 unspecified atom stereocenters. The number of nitrogens with one attached hydrogen (secondary N) is 1. The quantitative estimate of drug-likeness (QED) is 0.374. The van der Waals surface area contributed by atoms with Crippen molar-refractivity contribution < 1.29 is 14.6 Å². The topological polar surface area (TPSA) is 82.3 Å². The Morgan fingerprint density at radius 3 is 2.73 bits per heavy atom. The van der Waals surface area contributed by atoms with E-state index in [-0.39, 0.29) is 11.3 Å². The zero-order valence-corrected chi connectivity index (χ0v) is 16.5. The van der Waals surface area contributed by atoms with Crippen LogP contribution in [0.3, 0.4) is 0 Å². The third kappa shape index (κ3) is 5.49. The molecular weight excluding hydrogens is 443 g/mol. The van der Waals surface area contributed by atoms with Crippen LogP contribution in [0.4, 0.5) is 0 Å². The Labute approximate surface area is 166 Å². The molecule has 0 saturated heterocycles. The summed E-state index contributed by atoms with van der Waals surface area (Å²) < 4.78 is 5.96. The summed E-state index contributed by atoms with van der Waals surface area (Å²) in [7, 11) is 0. The van der Waals surface area contributed by atoms with Gasteiger partial charge in [-0.15, -0.1) is 0 Å². The maximum atomic E-state index is 12.2. The molecule has 0 spiro atoms. The Hall–Kier alpha value is -2.53. The molecule has 6 heteroatoms. The summed E-state index contributed by atoms with van der Waals surface area (Å²) in [5.41, 5.74) is 1.73. The van der Waals surface area contributed by atoms with Crippen molar-refractivity contribution in [1.82, 2.24) is 5.32 Å². The number of hydrogen-bond acceptors (Lipinski definition) is 4. The first-order chi connectivity index (χ1) is 12.5. The molecule has 0 fully saturated rings. The molecule has 0 bridgehead atoms. The Morgan fingerprint density at radius 2 is 2.08 bits per heavy atom. The van der Waals surface area contributed by atoms with Gasteiger partial charge in [-0.1, -0.05) is 30.3 Å². The van der Waals surface area contributed by atoms with Gasteiger partial charge in [-0.2, -0.15) is 5.26 Å². The van der Waals surface area contributed by atoms with E-state index in [4.69, 9.17) is 4.74 Å². The maximum absolute atomic E-state index is 12.2. The van der Waals surface area contributed by atoms with Gasteiger partial charge in [0.2, 0.25) is 0 Å². The van der Waals surface area contributed by atoms with Crippen molar-refractivity contribution >= 4 is 34.6 Å². The molecule has 0 radical (unpaired) electrons. The summed E-state index contributed by atoms with van der Waals surface area (Å²) in [5, 5.41) is 22.0. The van der Waals surface area contributed by atoms with Gasteiger partial charge in [0.05, 0.1) is 10.2 Å². The number of hydrogen-bond donors (Lipinski definition) is 2. The Kier molecular flexibility index (Phi) is 7.48. The number of halogens is 1. The molecule has 0 aromatic heterocycles. The fraction of sp³-hybridized carbons (Fsp3) is 0.200. The van der Waals surface area contributed by atoms with E-state index in [9.17, 15) is 15.2 Å². The molecule has 2 rings (SSSR count). The predicted octanol–water partition coefficient (Wildman–Crippen LogP) is 3.66. The standard InChI is InChI=1S/C20H19IN2O3/c1-2-26-18-12-15(11-17(21)19(18)24)10-16(13-22)20(25)23-9-8-14-6-4-3-5-7-14/h3-7,10-12,24H,2,8-9H2,1H3,(H,23,25)/b16-10+. The third-order valence-corrected chi connectivity index (χ3v) is 4.39. The maximum Gasteiger partial charge on any atom is 0.261 e. The predicted molar refractivity (Wildman–Crippen MR) is 109 cm³/mol. The summed E-state index contributed by atoms with van der Waals surface area (Å²) in [6.07, 6.45) is 2.18. The smallest absolute Gasteiger partial charge is 0.261 e. The number of amides is 1. The Balaban J connectivity index is 2.09. The van der Waals surface area contributed by atoms with Crippen LogP contribution in [-0.4, -0.2) is 24.2 Å². The minimum Gasteiger partial charge on any atom is -0.504 e. The SMILES string of the molecule is CCOc1cc(/C=C(\C#N)C(=O)NCCc2ccccc2)cc(I)c1O. The summed E-state index contributed by atoms with van der Waals surface area (Å²) in [6.45, 7) is 2.66. The molecule has 1 amide bonds. The van der Waals surface area contributed by atoms with E-state index in [2.05, 4.69) is 5.32 Å². The zero-order valence-electron chi connectivity index (χ0n) is 14.3. The number of phenolic OH excluding ortho intramolecular Hbond substituents is 1. The van der Waals surface area contributed by atoms with Crippen LogP contribution in [0.15, 0.2) is 48.0 Å². The highest BCUT2D eigenvalue weighted by molar-refractivity contribution is 14.1. The minimum absolute atomic E-state index is 0.00185. The van der Waals surface area contributed by atoms with E-state index in [1.165, 1.54) is 6.08 Å². The average Bonchev–Trinajstić information content (AvgIpc) is 2.64. The monoisotopic (exact) mass is 462 g/mol. The lowest BCUT2D eigenvalue weighted by Gasteiger charge is -2.09. The fourth-order valence-corrected chi connectivity index (χ4v) is 2.94. The molecule has 5 nitrogen and oxygen atoms in total. The molecule has 134 valence electrons. The average molecular weight is 462 g/mol. The van der Waals surface area contributed by atoms with E-state index < -0.39 is 5.91 Å². The third-order valence-electron chi connectivity index (χ3n) is 3.57. The van der Waals surface area contributed by atoms with Crippen LogP contribution < -0.4 is 10.1 Å². The number of ether oxygens (including phenoxy) is 1. The van der Waals surface area contributed by atoms with Crippen LogP contribution in [0.2, 0.25) is 0 Å². The molecular formula is C20H19IN2O3. The van der Waals surface area contributed by atoms with Crippen LogP contribution in [0.25, 0.3) is 6.08 Å². The second-order valence-corrected chi connectivity index (χ2v) is 6.61. The van der Waals surface area contributed by atoms with Gasteiger partial charge in [-0.05, 0) is 65.3 Å². The number of carbonyl (C=O) groups is 1. The molecule has 0 aliphatic rings. The highest BCUT2D eigenvalue weighted by Gasteiger charge is 2.12. The van der Waals surface area contributed by atoms with Crippen LogP contribution in [0.5, 0.6) is 11.5 Å². The normalized spacial score (nSPS) is 10.9. The Morgan fingerprint density at radius 1 is 1.35 bits per heavy atom. The van der Waals surface area contributed by atoms with Gasteiger partial charge in [0.1, 0.15) is 11.6 Å². The Bertz CT molecular complexity index is 842. The molecule has 0 heterocycles. The molecule has 26 heavy (non-hydrogen) atoms. The zero-order chi connectivity index (χ0) is 18.9. The van der Waals surface area contributed by atoms with Gasteiger partial charge in [0.15, 0.2) is 11.5 Å². The molecule has 2 N–H and O–H groups in total. The van der Waals surface area contributed by atoms with Crippen molar-refractivity contribution in [3.05, 3.63) is 62.7 Å². The number of carbonyl (C=O) groups excluding carboxylic acids is 1. The summed E-state index contributed by atoms with van der Waals surface area (Å²) in [6, 6.07) is 15.0. The largest absolute Gasteiger partial charge is 0.504 e. The van der Waals surface area contributed by atoms with Gasteiger partial charge in [-0.3, -0.25) is 4.79 Å². The van der Waals surface area contributed by atoms with Crippen LogP contribution >= 0.6 is 22.6 Å². The second kappa shape index (κ2) is 9.82. The highest BCUT2D eigenvalue weighted by atomic mass is 127. The van der Waals surface area contributed by atoms with E-state index in [1.54, 1.807) is 12.1 Å². The number of phenols is 1. The molecule has 0 saturated carbocycles. The number of nitriles is 1. The molecule has 0 atom stereocenters. The van der Waals surface area contributed by atoms with Crippen molar-refractivity contribution in [3.63, 3.8) is 0 Å². The van der Waals surface area contributed by atoms with Crippen LogP contribution in [0.1, 0.15) is 18.1 Å². The van der Waals surface area contributed by atoms with Gasteiger partial charge in [0, 0.05) is 6.54 Å². The number of benzene rings is 2. The van der Waals surface area contributed by atoms with Crippen molar-refractivity contribution in [3.8, 4) is 17.6 Å². The lowest BCUT2D eigenvalue weighted by Crippen LogP contribution is -2.26. The lowest BCUT2D eigenvalue weighted by atomic mass is 10.1. The second-order valence-electron chi connectivity index (χ2n) is 5.44. The van der Waals surface area contributed by atoms with Gasteiger partial charge < -0.3 is 15.2 Å². The van der Waals surface area contributed by atoms with Crippen molar-refractivity contribution in [2.24, 2.45) is 0 Å². The number of aromatic hydroxyl groups is 1. The van der Waals surface area contributed by atoms with Crippen LogP contribution in [0, 0.1) is 14.9 Å². The first-order valence-corrected chi connectivity index (χ1v) is 9.22. The minimum atomic E-state index is -0.426. The summed E-state index contributed by atoms with van der Waals surface area (Å²) in [4.78, 5) is 12.2. The molecule has 2 aromatic carbocycles. The van der Waals surface area contributed by atoms with Crippen molar-refractivity contribution in [1.29, 1.82) is 5.26 Å². The van der Waals surface area contributed by atoms with Gasteiger partial charge in [-0.25, -0.2) is 0 Å². The summed E-state index contributed by atoms with van der Waals surface area (Å²) >= 11 is 1.98. The highest BCUT2D eigenvalue weighted by Crippen LogP contribution is 2.33. The van der Waals surface area contributed by atoms with Gasteiger partial charge in [0.25, 0.3) is 5.91 Å². The molecule has 2 aromatic rings. The van der Waals surface area contributed by atoms with E-state index in [1.807, 2.05) is 65.9 Å². The van der Waals surface area contributed by atoms with E-state index in [0.29, 0.717) is 34.5 Å². The van der Waals surface area contributed by atoms with Crippen molar-refractivity contribution in [2.75, 3.05) is 13.2 Å². The van der Waals surface area contributed by atoms with E-state index >= 15 is 0 Å². The van der Waals surface area contributed by atoms with Crippen molar-refractivity contribution in [2.45, 2.75) is 13.3 Å². The first-order valence-electron chi connectivity index (χ1n) is 8.14. The first kappa shape index (κ1) is 19.8. The molecule has 0 aliphatic carbocycles. The fourth-order valence-electron chi connectivity index (χ4n) is 2.32. The number of nitrogens with zero attached hydrogens (tertiary/aromatic N) is 1. The lowest BCUT2D eigenvalue weighted by molar-refractivity contribution is -0.117. The van der Waals surface area contributed by atoms with Crippen LogP contribution in [-0.2, 0) is 11.2 Å². The van der Waals surface area contributed by atoms with E-state index in [0.717, 1.165) is 5.56 Å². The molecule has 0 aliphatic heterocycles.